The number of ether oxygens (including phenoxy) is 1. The molecule has 0 bridgehead atoms. The first-order valence-electron chi connectivity index (χ1n) is 6.82. The van der Waals surface area contributed by atoms with E-state index in [-0.39, 0.29) is 0 Å². The van der Waals surface area contributed by atoms with Crippen LogP contribution in [0, 0.1) is 0 Å². The number of methoxy groups -OCH3 is 1. The molecule has 1 aromatic heterocycles. The van der Waals surface area contributed by atoms with Crippen LogP contribution in [0.2, 0.25) is 0 Å². The van der Waals surface area contributed by atoms with Crippen molar-refractivity contribution in [3.8, 4) is 6.01 Å². The quantitative estimate of drug-likeness (QED) is 0.808. The van der Waals surface area contributed by atoms with E-state index < -0.39 is 0 Å². The number of hydrogen-bond donors (Lipinski definition) is 2. The summed E-state index contributed by atoms with van der Waals surface area (Å²) in [4.78, 5) is 15.1. The molecular formula is C12H22N6O. The molecule has 1 aliphatic heterocycles. The van der Waals surface area contributed by atoms with E-state index in [1.165, 1.54) is 25.7 Å². The monoisotopic (exact) mass is 266 g/mol. The van der Waals surface area contributed by atoms with E-state index in [0.717, 1.165) is 13.1 Å². The van der Waals surface area contributed by atoms with E-state index in [9.17, 15) is 0 Å². The fraction of sp³-hybridized carbons (Fsp3) is 0.750. The third-order valence-corrected chi connectivity index (χ3v) is 3.10. The molecule has 2 rings (SSSR count). The van der Waals surface area contributed by atoms with Gasteiger partial charge in [-0.25, -0.2) is 0 Å². The lowest BCUT2D eigenvalue weighted by atomic mass is 10.2. The normalized spacial score (nSPS) is 16.0. The first-order valence-corrected chi connectivity index (χ1v) is 6.82. The van der Waals surface area contributed by atoms with Gasteiger partial charge in [0.25, 0.3) is 0 Å². The molecule has 19 heavy (non-hydrogen) atoms. The Kier molecular flexibility index (Phi) is 5.14. The molecule has 0 aromatic carbocycles. The highest BCUT2D eigenvalue weighted by Crippen LogP contribution is 2.18. The van der Waals surface area contributed by atoms with Crippen molar-refractivity contribution in [1.82, 2.24) is 15.0 Å². The van der Waals surface area contributed by atoms with Crippen LogP contribution in [0.1, 0.15) is 25.7 Å². The van der Waals surface area contributed by atoms with Crippen LogP contribution in [0.15, 0.2) is 0 Å². The van der Waals surface area contributed by atoms with Crippen molar-refractivity contribution in [1.29, 1.82) is 0 Å². The minimum Gasteiger partial charge on any atom is -0.467 e. The third-order valence-electron chi connectivity index (χ3n) is 3.10. The van der Waals surface area contributed by atoms with Crippen LogP contribution in [-0.2, 0) is 0 Å². The molecule has 7 nitrogen and oxygen atoms in total. The van der Waals surface area contributed by atoms with Crippen LogP contribution in [0.5, 0.6) is 6.01 Å². The Morgan fingerprint density at radius 1 is 1.16 bits per heavy atom. The Morgan fingerprint density at radius 2 is 1.89 bits per heavy atom. The summed E-state index contributed by atoms with van der Waals surface area (Å²) < 4.78 is 5.14. The second kappa shape index (κ2) is 7.08. The van der Waals surface area contributed by atoms with Crippen LogP contribution in [0.3, 0.4) is 0 Å². The number of rotatable bonds is 5. The fourth-order valence-corrected chi connectivity index (χ4v) is 2.11. The molecule has 0 unspecified atom stereocenters. The maximum Gasteiger partial charge on any atom is 0.322 e. The van der Waals surface area contributed by atoms with Gasteiger partial charge in [-0.15, -0.1) is 0 Å². The molecule has 1 fully saturated rings. The van der Waals surface area contributed by atoms with Gasteiger partial charge in [0.15, 0.2) is 0 Å². The lowest BCUT2D eigenvalue weighted by Crippen LogP contribution is -2.27. The smallest absolute Gasteiger partial charge is 0.322 e. The number of aromatic nitrogens is 3. The highest BCUT2D eigenvalue weighted by Gasteiger charge is 2.15. The summed E-state index contributed by atoms with van der Waals surface area (Å²) in [6.07, 6.45) is 4.91. The van der Waals surface area contributed by atoms with Gasteiger partial charge in [-0.1, -0.05) is 12.8 Å². The molecule has 106 valence electrons. The van der Waals surface area contributed by atoms with Gasteiger partial charge < -0.3 is 20.7 Å². The fourth-order valence-electron chi connectivity index (χ4n) is 2.11. The number of hydrogen-bond acceptors (Lipinski definition) is 7. The van der Waals surface area contributed by atoms with Crippen molar-refractivity contribution in [2.45, 2.75) is 25.7 Å². The van der Waals surface area contributed by atoms with Crippen molar-refractivity contribution >= 4 is 11.9 Å². The number of nitrogens with zero attached hydrogens (tertiary/aromatic N) is 4. The zero-order valence-corrected chi connectivity index (χ0v) is 11.4. The van der Waals surface area contributed by atoms with Gasteiger partial charge in [0.2, 0.25) is 11.9 Å². The molecule has 0 spiro atoms. The highest BCUT2D eigenvalue weighted by molar-refractivity contribution is 5.38. The zero-order chi connectivity index (χ0) is 13.5. The van der Waals surface area contributed by atoms with Gasteiger partial charge in [-0.3, -0.25) is 0 Å². The van der Waals surface area contributed by atoms with Gasteiger partial charge in [-0.05, 0) is 12.8 Å². The highest BCUT2D eigenvalue weighted by atomic mass is 16.5. The second-order valence-electron chi connectivity index (χ2n) is 4.56. The minimum atomic E-state index is 0.341. The summed E-state index contributed by atoms with van der Waals surface area (Å²) in [7, 11) is 1.56. The molecule has 1 aromatic rings. The summed E-state index contributed by atoms with van der Waals surface area (Å²) in [5.74, 6) is 1.21. The summed E-state index contributed by atoms with van der Waals surface area (Å²) in [5, 5.41) is 3.07. The molecule has 7 heteroatoms. The average Bonchev–Trinajstić information content (AvgIpc) is 2.73. The van der Waals surface area contributed by atoms with Crippen molar-refractivity contribution in [3.05, 3.63) is 0 Å². The first-order chi connectivity index (χ1) is 9.33. The Bertz CT molecular complexity index is 392. The first kappa shape index (κ1) is 13.8. The Labute approximate surface area is 113 Å². The Morgan fingerprint density at radius 3 is 2.53 bits per heavy atom. The maximum atomic E-state index is 5.47. The van der Waals surface area contributed by atoms with Crippen molar-refractivity contribution in [3.63, 3.8) is 0 Å². The molecule has 0 atom stereocenters. The molecule has 2 heterocycles. The van der Waals surface area contributed by atoms with E-state index >= 15 is 0 Å². The van der Waals surface area contributed by atoms with Gasteiger partial charge in [-0.2, -0.15) is 15.0 Å². The summed E-state index contributed by atoms with van der Waals surface area (Å²) in [6.45, 7) is 3.15. The molecule has 1 aliphatic rings. The van der Waals surface area contributed by atoms with E-state index in [2.05, 4.69) is 25.2 Å². The average molecular weight is 266 g/mol. The summed E-state index contributed by atoms with van der Waals surface area (Å²) in [5.41, 5.74) is 5.47. The van der Waals surface area contributed by atoms with Crippen LogP contribution in [-0.4, -0.2) is 48.2 Å². The molecular weight excluding hydrogens is 244 g/mol. The van der Waals surface area contributed by atoms with Crippen molar-refractivity contribution in [2.24, 2.45) is 5.73 Å². The van der Waals surface area contributed by atoms with Gasteiger partial charge in [0.05, 0.1) is 7.11 Å². The van der Waals surface area contributed by atoms with E-state index in [1.54, 1.807) is 7.11 Å². The van der Waals surface area contributed by atoms with Crippen molar-refractivity contribution < 1.29 is 4.74 Å². The number of nitrogens with two attached hydrogens (primary N) is 1. The SMILES string of the molecule is COc1nc(NCCN)nc(N2CCCCCC2)n1. The lowest BCUT2D eigenvalue weighted by Gasteiger charge is -2.20. The third kappa shape index (κ3) is 3.92. The second-order valence-corrected chi connectivity index (χ2v) is 4.56. The summed E-state index contributed by atoms with van der Waals surface area (Å²) in [6, 6.07) is 0.341. The topological polar surface area (TPSA) is 89.2 Å². The molecule has 0 amide bonds. The van der Waals surface area contributed by atoms with Crippen LogP contribution in [0.25, 0.3) is 0 Å². The molecule has 0 radical (unpaired) electrons. The molecule has 0 saturated carbocycles. The number of anilines is 2. The Balaban J connectivity index is 2.17. The van der Waals surface area contributed by atoms with Gasteiger partial charge in [0, 0.05) is 26.2 Å². The minimum absolute atomic E-state index is 0.341. The van der Waals surface area contributed by atoms with Gasteiger partial charge in [0.1, 0.15) is 0 Å². The van der Waals surface area contributed by atoms with Crippen LogP contribution < -0.4 is 20.7 Å². The lowest BCUT2D eigenvalue weighted by molar-refractivity contribution is 0.378. The standard InChI is InChI=1S/C12H22N6O/c1-19-12-16-10(14-7-6-13)15-11(17-12)18-8-4-2-3-5-9-18/h2-9,13H2,1H3,(H,14,15,16,17). The molecule has 3 N–H and O–H groups in total. The van der Waals surface area contributed by atoms with Crippen molar-refractivity contribution in [2.75, 3.05) is 43.5 Å². The maximum absolute atomic E-state index is 5.47. The zero-order valence-electron chi connectivity index (χ0n) is 11.4. The van der Waals surface area contributed by atoms with Crippen LogP contribution in [0.4, 0.5) is 11.9 Å². The predicted octanol–water partition coefficient (Wildman–Crippen LogP) is 0.631. The Hall–Kier alpha value is -1.63. The molecule has 0 aliphatic carbocycles. The van der Waals surface area contributed by atoms with Gasteiger partial charge >= 0.3 is 6.01 Å². The largest absolute Gasteiger partial charge is 0.467 e. The molecule has 1 saturated heterocycles. The van der Waals surface area contributed by atoms with E-state index in [0.29, 0.717) is 31.0 Å². The number of nitrogens with one attached hydrogen (secondary N) is 1. The van der Waals surface area contributed by atoms with Crippen LogP contribution >= 0.6 is 0 Å². The van der Waals surface area contributed by atoms with E-state index in [4.69, 9.17) is 10.5 Å². The summed E-state index contributed by atoms with van der Waals surface area (Å²) >= 11 is 0. The van der Waals surface area contributed by atoms with E-state index in [1.807, 2.05) is 0 Å². The predicted molar refractivity (Wildman–Crippen MR) is 74.6 cm³/mol.